The van der Waals surface area contributed by atoms with Gasteiger partial charge in [-0.3, -0.25) is 9.78 Å². The minimum absolute atomic E-state index is 0.0332. The zero-order valence-corrected chi connectivity index (χ0v) is 14.5. The van der Waals surface area contributed by atoms with E-state index in [1.807, 2.05) is 0 Å². The third kappa shape index (κ3) is 3.74. The van der Waals surface area contributed by atoms with Crippen LogP contribution >= 0.6 is 0 Å². The van der Waals surface area contributed by atoms with Crippen LogP contribution in [0.15, 0.2) is 47.1 Å². The fraction of sp³-hybridized carbons (Fsp3) is 0.111. The SMILES string of the molecule is O=Cc1ccccc1-c1cn(Cc2ncc(-c3nnc(C(F)F)o3)cc2F)nn1. The lowest BCUT2D eigenvalue weighted by atomic mass is 10.1. The predicted molar refractivity (Wildman–Crippen MR) is 92.4 cm³/mol. The largest absolute Gasteiger partial charge is 0.415 e. The molecule has 8 nitrogen and oxygen atoms in total. The van der Waals surface area contributed by atoms with Gasteiger partial charge >= 0.3 is 6.43 Å². The third-order valence-corrected chi connectivity index (χ3v) is 4.01. The third-order valence-electron chi connectivity index (χ3n) is 4.01. The Hall–Kier alpha value is -3.89. The molecule has 0 aliphatic carbocycles. The Morgan fingerprint density at radius 3 is 2.72 bits per heavy atom. The number of halogens is 3. The number of aldehydes is 1. The first-order valence-electron chi connectivity index (χ1n) is 8.26. The van der Waals surface area contributed by atoms with Crippen molar-refractivity contribution >= 4 is 6.29 Å². The molecule has 4 aromatic rings. The highest BCUT2D eigenvalue weighted by Gasteiger charge is 2.18. The average molecular weight is 400 g/mol. The monoisotopic (exact) mass is 400 g/mol. The van der Waals surface area contributed by atoms with E-state index in [-0.39, 0.29) is 23.7 Å². The number of carbonyl (C=O) groups is 1. The molecule has 146 valence electrons. The Bertz CT molecular complexity index is 1170. The van der Waals surface area contributed by atoms with Gasteiger partial charge in [0.25, 0.3) is 5.89 Å². The summed E-state index contributed by atoms with van der Waals surface area (Å²) in [5, 5.41) is 14.6. The smallest absolute Gasteiger partial charge is 0.314 e. The molecule has 0 atom stereocenters. The average Bonchev–Trinajstić information content (AvgIpc) is 3.39. The molecule has 4 rings (SSSR count). The standard InChI is InChI=1S/C18H11F3N6O2/c19-13-5-11(17-24-25-18(29-17)16(20)21)6-22-15(13)8-27-7-14(23-26-27)12-4-2-1-3-10(12)9-28/h1-7,9,16H,8H2. The molecule has 0 amide bonds. The van der Waals surface area contributed by atoms with Crippen molar-refractivity contribution in [3.63, 3.8) is 0 Å². The summed E-state index contributed by atoms with van der Waals surface area (Å²) in [5.41, 5.74) is 1.63. The van der Waals surface area contributed by atoms with Crippen LogP contribution in [0.1, 0.15) is 28.4 Å². The molecule has 0 bridgehead atoms. The van der Waals surface area contributed by atoms with Gasteiger partial charge < -0.3 is 4.42 Å². The van der Waals surface area contributed by atoms with E-state index in [2.05, 4.69) is 25.5 Å². The van der Waals surface area contributed by atoms with Crippen LogP contribution in [0.4, 0.5) is 13.2 Å². The lowest BCUT2D eigenvalue weighted by Crippen LogP contribution is -2.05. The fourth-order valence-corrected chi connectivity index (χ4v) is 2.62. The summed E-state index contributed by atoms with van der Waals surface area (Å²) in [4.78, 5) is 15.1. The topological polar surface area (TPSA) is 99.6 Å². The number of aromatic nitrogens is 6. The maximum atomic E-state index is 14.4. The second kappa shape index (κ2) is 7.62. The van der Waals surface area contributed by atoms with Crippen molar-refractivity contribution in [2.24, 2.45) is 0 Å². The van der Waals surface area contributed by atoms with E-state index >= 15 is 0 Å². The fourth-order valence-electron chi connectivity index (χ4n) is 2.62. The Labute approximate surface area is 161 Å². The number of benzene rings is 1. The van der Waals surface area contributed by atoms with E-state index in [0.717, 1.165) is 6.07 Å². The molecule has 0 radical (unpaired) electrons. The number of hydrogen-bond donors (Lipinski definition) is 0. The summed E-state index contributed by atoms with van der Waals surface area (Å²) >= 11 is 0. The van der Waals surface area contributed by atoms with Gasteiger partial charge in [-0.25, -0.2) is 9.07 Å². The van der Waals surface area contributed by atoms with Crippen molar-refractivity contribution in [2.45, 2.75) is 13.0 Å². The van der Waals surface area contributed by atoms with E-state index in [0.29, 0.717) is 23.1 Å². The van der Waals surface area contributed by atoms with Crippen LogP contribution < -0.4 is 0 Å². The van der Waals surface area contributed by atoms with Crippen LogP contribution in [0.3, 0.4) is 0 Å². The maximum Gasteiger partial charge on any atom is 0.314 e. The first kappa shape index (κ1) is 18.5. The Morgan fingerprint density at radius 2 is 2.00 bits per heavy atom. The van der Waals surface area contributed by atoms with E-state index in [4.69, 9.17) is 4.42 Å². The van der Waals surface area contributed by atoms with Gasteiger partial charge in [0.15, 0.2) is 6.29 Å². The quantitative estimate of drug-likeness (QED) is 0.458. The Morgan fingerprint density at radius 1 is 1.17 bits per heavy atom. The van der Waals surface area contributed by atoms with Gasteiger partial charge in [-0.2, -0.15) is 8.78 Å². The molecule has 0 unspecified atom stereocenters. The summed E-state index contributed by atoms with van der Waals surface area (Å²) in [6, 6.07) is 7.93. The van der Waals surface area contributed by atoms with Gasteiger partial charge in [0, 0.05) is 17.3 Å². The van der Waals surface area contributed by atoms with E-state index in [1.165, 1.54) is 10.9 Å². The van der Waals surface area contributed by atoms with E-state index in [1.54, 1.807) is 30.5 Å². The van der Waals surface area contributed by atoms with Gasteiger partial charge in [0.2, 0.25) is 5.89 Å². The zero-order chi connectivity index (χ0) is 20.4. The molecule has 0 spiro atoms. The zero-order valence-electron chi connectivity index (χ0n) is 14.5. The number of nitrogens with zero attached hydrogens (tertiary/aromatic N) is 6. The molecule has 1 aromatic carbocycles. The second-order valence-electron chi connectivity index (χ2n) is 5.91. The first-order valence-corrected chi connectivity index (χ1v) is 8.26. The van der Waals surface area contributed by atoms with Crippen LogP contribution in [-0.4, -0.2) is 36.5 Å². The molecule has 11 heteroatoms. The molecule has 0 aliphatic rings. The van der Waals surface area contributed by atoms with Crippen molar-refractivity contribution in [3.8, 4) is 22.7 Å². The second-order valence-corrected chi connectivity index (χ2v) is 5.91. The summed E-state index contributed by atoms with van der Waals surface area (Å²) in [6.07, 6.45) is 0.593. The minimum Gasteiger partial charge on any atom is -0.415 e. The van der Waals surface area contributed by atoms with Crippen LogP contribution in [-0.2, 0) is 6.54 Å². The van der Waals surface area contributed by atoms with Gasteiger partial charge in [-0.05, 0) is 6.07 Å². The molecule has 3 aromatic heterocycles. The number of alkyl halides is 2. The number of hydrogen-bond acceptors (Lipinski definition) is 7. The maximum absolute atomic E-state index is 14.4. The van der Waals surface area contributed by atoms with Gasteiger partial charge in [0.05, 0.1) is 24.0 Å². The molecule has 29 heavy (non-hydrogen) atoms. The Balaban J connectivity index is 1.56. The van der Waals surface area contributed by atoms with Gasteiger partial charge in [-0.1, -0.05) is 29.5 Å². The molecule has 3 heterocycles. The molecule has 0 fully saturated rings. The van der Waals surface area contributed by atoms with Crippen molar-refractivity contribution < 1.29 is 22.4 Å². The van der Waals surface area contributed by atoms with Crippen LogP contribution in [0.5, 0.6) is 0 Å². The highest BCUT2D eigenvalue weighted by Crippen LogP contribution is 2.24. The number of rotatable bonds is 6. The van der Waals surface area contributed by atoms with Gasteiger partial charge in [0.1, 0.15) is 11.5 Å². The van der Waals surface area contributed by atoms with Crippen molar-refractivity contribution in [1.82, 2.24) is 30.2 Å². The lowest BCUT2D eigenvalue weighted by Gasteiger charge is -2.03. The van der Waals surface area contributed by atoms with Gasteiger partial charge in [-0.15, -0.1) is 15.3 Å². The molecule has 0 aliphatic heterocycles. The molecule has 0 saturated heterocycles. The Kier molecular flexibility index (Phi) is 4.85. The molecular formula is C18H11F3N6O2. The number of pyridine rings is 1. The normalized spacial score (nSPS) is 11.2. The highest BCUT2D eigenvalue weighted by molar-refractivity contribution is 5.86. The summed E-state index contributed by atoms with van der Waals surface area (Å²) in [5.74, 6) is -1.81. The van der Waals surface area contributed by atoms with E-state index < -0.39 is 18.1 Å². The van der Waals surface area contributed by atoms with Crippen LogP contribution in [0.25, 0.3) is 22.7 Å². The van der Waals surface area contributed by atoms with Crippen molar-refractivity contribution in [3.05, 3.63) is 65.7 Å². The highest BCUT2D eigenvalue weighted by atomic mass is 19.3. The molecular weight excluding hydrogens is 389 g/mol. The summed E-state index contributed by atoms with van der Waals surface area (Å²) < 4.78 is 45.6. The summed E-state index contributed by atoms with van der Waals surface area (Å²) in [6.45, 7) is -0.0332. The van der Waals surface area contributed by atoms with Crippen molar-refractivity contribution in [2.75, 3.05) is 0 Å². The molecule has 0 N–H and O–H groups in total. The summed E-state index contributed by atoms with van der Waals surface area (Å²) in [7, 11) is 0. The lowest BCUT2D eigenvalue weighted by molar-refractivity contribution is 0.112. The first-order chi connectivity index (χ1) is 14.0. The van der Waals surface area contributed by atoms with Crippen LogP contribution in [0.2, 0.25) is 0 Å². The molecule has 0 saturated carbocycles. The predicted octanol–water partition coefficient (Wildman–Crippen LogP) is 3.33. The van der Waals surface area contributed by atoms with Crippen LogP contribution in [0, 0.1) is 5.82 Å². The minimum atomic E-state index is -2.92. The number of carbonyl (C=O) groups excluding carboxylic acids is 1. The van der Waals surface area contributed by atoms with E-state index in [9.17, 15) is 18.0 Å². The van der Waals surface area contributed by atoms with Crippen molar-refractivity contribution in [1.29, 1.82) is 0 Å².